The summed E-state index contributed by atoms with van der Waals surface area (Å²) in [5.74, 6) is 3.87. The third-order valence-electron chi connectivity index (χ3n) is 6.75. The first-order chi connectivity index (χ1) is 12.7. The Kier molecular flexibility index (Phi) is 5.25. The summed E-state index contributed by atoms with van der Waals surface area (Å²) in [7, 11) is 0.337. The predicted molar refractivity (Wildman–Crippen MR) is 112 cm³/mol. The van der Waals surface area contributed by atoms with Gasteiger partial charge in [0, 0.05) is 11.8 Å². The van der Waals surface area contributed by atoms with E-state index < -0.39 is 0 Å². The molecule has 132 valence electrons. The summed E-state index contributed by atoms with van der Waals surface area (Å²) in [6.45, 7) is 7.71. The number of fused-ring (bicyclic) bond motifs is 4. The lowest BCUT2D eigenvalue weighted by Crippen LogP contribution is -2.07. The molecule has 4 aliphatic carbocycles. The minimum absolute atomic E-state index is 0.337. The molecule has 4 aliphatic rings. The Morgan fingerprint density at radius 2 is 1.58 bits per heavy atom. The predicted octanol–water partition coefficient (Wildman–Crippen LogP) is 6.13. The third-order valence-corrected chi connectivity index (χ3v) is 7.99. The average Bonchev–Trinajstić information content (AvgIpc) is 3.43. The van der Waals surface area contributed by atoms with Crippen LogP contribution in [0.15, 0.2) is 83.5 Å². The van der Waals surface area contributed by atoms with Crippen molar-refractivity contribution in [1.82, 2.24) is 0 Å². The van der Waals surface area contributed by atoms with Crippen LogP contribution in [0.2, 0.25) is 0 Å². The van der Waals surface area contributed by atoms with E-state index in [1.807, 2.05) is 0 Å². The summed E-state index contributed by atoms with van der Waals surface area (Å²) in [5.41, 5.74) is 9.11. The van der Waals surface area contributed by atoms with E-state index in [0.717, 1.165) is 25.7 Å². The molecule has 2 fully saturated rings. The minimum Gasteiger partial charge on any atom is -0.165 e. The van der Waals surface area contributed by atoms with Crippen LogP contribution < -0.4 is 0 Å². The van der Waals surface area contributed by atoms with Gasteiger partial charge in [0.2, 0.25) is 8.83 Å². The molecular formula is C24H25ClSi. The fourth-order valence-corrected chi connectivity index (χ4v) is 6.17. The van der Waals surface area contributed by atoms with Gasteiger partial charge in [-0.15, -0.1) is 11.5 Å². The summed E-state index contributed by atoms with van der Waals surface area (Å²) < 4.78 is 0. The molecule has 6 unspecified atom stereocenters. The Bertz CT molecular complexity index is 798. The van der Waals surface area contributed by atoms with Crippen LogP contribution in [0, 0.1) is 35.5 Å². The quantitative estimate of drug-likeness (QED) is 0.172. The van der Waals surface area contributed by atoms with Crippen LogP contribution in [0.25, 0.3) is 0 Å². The van der Waals surface area contributed by atoms with Crippen LogP contribution in [-0.4, -0.2) is 8.83 Å². The maximum atomic E-state index is 6.24. The summed E-state index contributed by atoms with van der Waals surface area (Å²) in [4.78, 5) is 0. The van der Waals surface area contributed by atoms with Crippen molar-refractivity contribution in [2.24, 2.45) is 35.5 Å². The molecule has 0 heterocycles. The second kappa shape index (κ2) is 7.63. The monoisotopic (exact) mass is 376 g/mol. The van der Waals surface area contributed by atoms with Crippen LogP contribution in [0.4, 0.5) is 0 Å². The molecule has 26 heavy (non-hydrogen) atoms. The van der Waals surface area contributed by atoms with Gasteiger partial charge in [-0.05, 0) is 65.7 Å². The van der Waals surface area contributed by atoms with E-state index in [2.05, 4.69) is 67.2 Å². The smallest absolute Gasteiger partial charge is 0.165 e. The van der Waals surface area contributed by atoms with Gasteiger partial charge in [0.15, 0.2) is 0 Å². The summed E-state index contributed by atoms with van der Waals surface area (Å²) in [6.07, 6.45) is 21.0. The maximum absolute atomic E-state index is 6.24. The lowest BCUT2D eigenvalue weighted by Gasteiger charge is -2.14. The van der Waals surface area contributed by atoms with Gasteiger partial charge in [0.25, 0.3) is 0 Å². The van der Waals surface area contributed by atoms with E-state index in [4.69, 9.17) is 11.1 Å². The number of rotatable bonds is 6. The summed E-state index contributed by atoms with van der Waals surface area (Å²) >= 11 is 6.24. The number of hydrogen-bond donors (Lipinski definition) is 0. The molecule has 0 aliphatic heterocycles. The highest BCUT2D eigenvalue weighted by atomic mass is 35.6. The lowest BCUT2D eigenvalue weighted by molar-refractivity contribution is 0.442. The van der Waals surface area contributed by atoms with Crippen molar-refractivity contribution in [2.75, 3.05) is 0 Å². The largest absolute Gasteiger partial charge is 0.210 e. The number of halogens is 1. The zero-order valence-corrected chi connectivity index (χ0v) is 16.9. The number of hydrogen-bond acceptors (Lipinski definition) is 0. The van der Waals surface area contributed by atoms with Crippen LogP contribution >= 0.6 is 11.1 Å². The van der Waals surface area contributed by atoms with Crippen LogP contribution in [0.1, 0.15) is 25.7 Å². The Morgan fingerprint density at radius 1 is 1.00 bits per heavy atom. The molecule has 0 amide bonds. The van der Waals surface area contributed by atoms with E-state index >= 15 is 0 Å². The maximum Gasteiger partial charge on any atom is 0.210 e. The fourth-order valence-electron chi connectivity index (χ4n) is 5.37. The van der Waals surface area contributed by atoms with Gasteiger partial charge in [-0.2, -0.15) is 11.1 Å². The van der Waals surface area contributed by atoms with Crippen LogP contribution in [0.5, 0.6) is 0 Å². The van der Waals surface area contributed by atoms with Crippen LogP contribution in [-0.2, 0) is 0 Å². The Labute approximate surface area is 164 Å². The molecule has 2 saturated carbocycles. The average molecular weight is 377 g/mol. The molecule has 2 heteroatoms. The topological polar surface area (TPSA) is 0 Å². The van der Waals surface area contributed by atoms with E-state index in [1.165, 1.54) is 16.3 Å². The van der Waals surface area contributed by atoms with E-state index in [1.54, 1.807) is 0 Å². The summed E-state index contributed by atoms with van der Waals surface area (Å²) in [5, 5.41) is 1.28. The van der Waals surface area contributed by atoms with Crippen molar-refractivity contribution < 1.29 is 0 Å². The second-order valence-corrected chi connectivity index (χ2v) is 9.25. The highest BCUT2D eigenvalue weighted by Gasteiger charge is 2.41. The number of allylic oxidation sites excluding steroid dienone is 10. The first-order valence-corrected chi connectivity index (χ1v) is 11.6. The zero-order chi connectivity index (χ0) is 18.1. The third kappa shape index (κ3) is 3.15. The van der Waals surface area contributed by atoms with Gasteiger partial charge in [-0.1, -0.05) is 55.7 Å². The van der Waals surface area contributed by atoms with Gasteiger partial charge in [0.05, 0.1) is 0 Å². The molecule has 4 bridgehead atoms. The highest BCUT2D eigenvalue weighted by molar-refractivity contribution is 6.98. The molecular weight excluding hydrogens is 352 g/mol. The Balaban J connectivity index is 1.35. The van der Waals surface area contributed by atoms with Gasteiger partial charge in [-0.25, -0.2) is 0 Å². The molecule has 0 N–H and O–H groups in total. The van der Waals surface area contributed by atoms with Crippen molar-refractivity contribution in [3.8, 4) is 0 Å². The summed E-state index contributed by atoms with van der Waals surface area (Å²) in [6, 6.07) is 0. The van der Waals surface area contributed by atoms with Gasteiger partial charge in [-0.3, -0.25) is 0 Å². The molecule has 0 saturated heterocycles. The standard InChI is InChI=1S/C24H25ClSi/c1-3-16-14-18-8-11-22(16)21(18)7-5-6-20(26-25)10-13-24-19-9-12-23(24)17(4-2)15-19/h5-6,8-12,18-19,21-24H,1-2,7,13-15H2. The molecule has 0 spiro atoms. The van der Waals surface area contributed by atoms with Crippen molar-refractivity contribution in [1.29, 1.82) is 0 Å². The van der Waals surface area contributed by atoms with E-state index in [-0.39, 0.29) is 0 Å². The highest BCUT2D eigenvalue weighted by Crippen LogP contribution is 2.50. The molecule has 0 nitrogen and oxygen atoms in total. The van der Waals surface area contributed by atoms with Crippen molar-refractivity contribution in [3.05, 3.63) is 83.5 Å². The zero-order valence-electron chi connectivity index (χ0n) is 15.1. The van der Waals surface area contributed by atoms with Gasteiger partial charge < -0.3 is 0 Å². The molecule has 2 radical (unpaired) electrons. The normalized spacial score (nSPS) is 37.2. The minimum atomic E-state index is 0.337. The molecule has 0 aromatic carbocycles. The van der Waals surface area contributed by atoms with Crippen molar-refractivity contribution >= 4 is 19.9 Å². The van der Waals surface area contributed by atoms with Gasteiger partial charge >= 0.3 is 0 Å². The lowest BCUT2D eigenvalue weighted by atomic mass is 9.91. The first-order valence-electron chi connectivity index (χ1n) is 9.62. The molecule has 0 aromatic rings. The Hall–Kier alpha value is -1.49. The van der Waals surface area contributed by atoms with Gasteiger partial charge in [0.1, 0.15) is 0 Å². The van der Waals surface area contributed by atoms with E-state index in [9.17, 15) is 0 Å². The van der Waals surface area contributed by atoms with E-state index in [0.29, 0.717) is 44.3 Å². The van der Waals surface area contributed by atoms with Crippen LogP contribution in [0.3, 0.4) is 0 Å². The SMILES string of the molecule is C=C=C1CC2C=CC1C2CC=CC(=CCC1C2C=CC1C(=C=C)C2)[Si]Cl. The van der Waals surface area contributed by atoms with Crippen molar-refractivity contribution in [3.63, 3.8) is 0 Å². The molecule has 6 atom stereocenters. The Morgan fingerprint density at radius 3 is 2.08 bits per heavy atom. The fraction of sp³-hybridized carbons (Fsp3) is 0.417. The first kappa shape index (κ1) is 17.9. The second-order valence-electron chi connectivity index (χ2n) is 7.92. The van der Waals surface area contributed by atoms with Crippen molar-refractivity contribution in [2.45, 2.75) is 25.7 Å². The molecule has 0 aromatic heterocycles. The molecule has 4 rings (SSSR count).